The van der Waals surface area contributed by atoms with Crippen LogP contribution in [0, 0.1) is 5.82 Å². The number of fused-ring (bicyclic) bond motifs is 1. The summed E-state index contributed by atoms with van der Waals surface area (Å²) in [5.41, 5.74) is -0.147. The normalized spacial score (nSPS) is 15.4. The molecule has 6 heteroatoms. The van der Waals surface area contributed by atoms with Crippen molar-refractivity contribution in [2.45, 2.75) is 19.3 Å². The van der Waals surface area contributed by atoms with Crippen LogP contribution in [0.25, 0.3) is 10.9 Å². The second-order valence-corrected chi connectivity index (χ2v) is 5.26. The van der Waals surface area contributed by atoms with Gasteiger partial charge in [-0.25, -0.2) is 9.18 Å². The van der Waals surface area contributed by atoms with Crippen molar-refractivity contribution in [3.8, 4) is 0 Å². The molecule has 0 unspecified atom stereocenters. The van der Waals surface area contributed by atoms with E-state index in [9.17, 15) is 14.0 Å². The van der Waals surface area contributed by atoms with Gasteiger partial charge < -0.3 is 15.0 Å². The highest BCUT2D eigenvalue weighted by molar-refractivity contribution is 5.93. The number of H-pyrrole nitrogens is 1. The summed E-state index contributed by atoms with van der Waals surface area (Å²) in [5, 5.41) is 9.31. The number of anilines is 1. The number of benzene rings is 1. The molecule has 0 saturated carbocycles. The Morgan fingerprint density at radius 3 is 2.57 bits per heavy atom. The Hall–Kier alpha value is -2.37. The minimum absolute atomic E-state index is 0.380. The molecule has 21 heavy (non-hydrogen) atoms. The summed E-state index contributed by atoms with van der Waals surface area (Å²) in [6.45, 7) is 1.58. The summed E-state index contributed by atoms with van der Waals surface area (Å²) < 4.78 is 14.3. The van der Waals surface area contributed by atoms with E-state index in [0.29, 0.717) is 16.6 Å². The predicted octanol–water partition coefficient (Wildman–Crippen LogP) is 2.36. The Morgan fingerprint density at radius 1 is 1.19 bits per heavy atom. The number of aromatic amines is 1. The van der Waals surface area contributed by atoms with E-state index in [1.807, 2.05) is 4.90 Å². The Kier molecular flexibility index (Phi) is 3.37. The molecule has 1 aromatic heterocycles. The second-order valence-electron chi connectivity index (χ2n) is 5.26. The SMILES string of the molecule is O=C(O)c1cc2cc(F)c(N3CCCCC3)cc2[nH]c1=O. The number of hydrogen-bond acceptors (Lipinski definition) is 3. The van der Waals surface area contributed by atoms with Crippen LogP contribution in [0.4, 0.5) is 10.1 Å². The summed E-state index contributed by atoms with van der Waals surface area (Å²) in [6, 6.07) is 4.07. The van der Waals surface area contributed by atoms with Crippen LogP contribution >= 0.6 is 0 Å². The first kappa shape index (κ1) is 13.6. The molecule has 110 valence electrons. The number of rotatable bonds is 2. The van der Waals surface area contributed by atoms with Gasteiger partial charge in [-0.15, -0.1) is 0 Å². The molecule has 0 spiro atoms. The third-order valence-electron chi connectivity index (χ3n) is 3.84. The van der Waals surface area contributed by atoms with E-state index in [0.717, 1.165) is 32.4 Å². The molecular weight excluding hydrogens is 275 g/mol. The summed E-state index contributed by atoms with van der Waals surface area (Å²) in [4.78, 5) is 27.1. The van der Waals surface area contributed by atoms with Gasteiger partial charge in [0, 0.05) is 18.5 Å². The number of nitrogens with one attached hydrogen (secondary N) is 1. The lowest BCUT2D eigenvalue weighted by molar-refractivity contribution is 0.0695. The fourth-order valence-corrected chi connectivity index (χ4v) is 2.75. The fraction of sp³-hybridized carbons (Fsp3) is 0.333. The van der Waals surface area contributed by atoms with Crippen molar-refractivity contribution < 1.29 is 14.3 Å². The van der Waals surface area contributed by atoms with Gasteiger partial charge in [-0.1, -0.05) is 0 Å². The van der Waals surface area contributed by atoms with Crippen molar-refractivity contribution in [1.82, 2.24) is 4.98 Å². The predicted molar refractivity (Wildman–Crippen MR) is 77.6 cm³/mol. The zero-order valence-electron chi connectivity index (χ0n) is 11.4. The number of carboxylic acids is 1. The molecule has 5 nitrogen and oxygen atoms in total. The van der Waals surface area contributed by atoms with Gasteiger partial charge in [0.15, 0.2) is 0 Å². The van der Waals surface area contributed by atoms with Crippen molar-refractivity contribution >= 4 is 22.6 Å². The second kappa shape index (κ2) is 5.20. The number of carbonyl (C=O) groups is 1. The highest BCUT2D eigenvalue weighted by Crippen LogP contribution is 2.27. The van der Waals surface area contributed by atoms with E-state index in [1.54, 1.807) is 6.07 Å². The van der Waals surface area contributed by atoms with Gasteiger partial charge >= 0.3 is 5.97 Å². The Morgan fingerprint density at radius 2 is 1.90 bits per heavy atom. The van der Waals surface area contributed by atoms with E-state index in [1.165, 1.54) is 12.1 Å². The van der Waals surface area contributed by atoms with Crippen LogP contribution in [0.15, 0.2) is 23.0 Å². The molecule has 1 aliphatic rings. The van der Waals surface area contributed by atoms with Crippen LogP contribution in [-0.2, 0) is 0 Å². The van der Waals surface area contributed by atoms with Gasteiger partial charge in [0.1, 0.15) is 11.4 Å². The molecule has 1 saturated heterocycles. The molecule has 2 heterocycles. The Balaban J connectivity index is 2.13. The topological polar surface area (TPSA) is 73.4 Å². The van der Waals surface area contributed by atoms with Gasteiger partial charge in [-0.2, -0.15) is 0 Å². The molecule has 1 aromatic carbocycles. The number of pyridine rings is 1. The van der Waals surface area contributed by atoms with Crippen LogP contribution in [0.2, 0.25) is 0 Å². The van der Waals surface area contributed by atoms with E-state index >= 15 is 0 Å². The molecule has 2 aromatic rings. The minimum atomic E-state index is -1.32. The minimum Gasteiger partial charge on any atom is -0.477 e. The average molecular weight is 290 g/mol. The molecule has 0 aliphatic carbocycles. The van der Waals surface area contributed by atoms with Gasteiger partial charge in [0.2, 0.25) is 0 Å². The first-order valence-electron chi connectivity index (χ1n) is 6.91. The van der Waals surface area contributed by atoms with E-state index in [2.05, 4.69) is 4.98 Å². The molecule has 3 rings (SSSR count). The highest BCUT2D eigenvalue weighted by atomic mass is 19.1. The summed E-state index contributed by atoms with van der Waals surface area (Å²) >= 11 is 0. The number of aromatic carboxylic acids is 1. The van der Waals surface area contributed by atoms with Gasteiger partial charge in [-0.05, 0) is 37.5 Å². The largest absolute Gasteiger partial charge is 0.477 e. The number of piperidine rings is 1. The monoisotopic (exact) mass is 290 g/mol. The van der Waals surface area contributed by atoms with Gasteiger partial charge in [-0.3, -0.25) is 4.79 Å². The summed E-state index contributed by atoms with van der Waals surface area (Å²) in [6.07, 6.45) is 3.18. The molecule has 2 N–H and O–H groups in total. The lowest BCUT2D eigenvalue weighted by atomic mass is 10.1. The smallest absolute Gasteiger partial charge is 0.341 e. The maximum atomic E-state index is 14.3. The first-order valence-corrected chi connectivity index (χ1v) is 6.91. The van der Waals surface area contributed by atoms with Crippen LogP contribution in [0.1, 0.15) is 29.6 Å². The average Bonchev–Trinajstić information content (AvgIpc) is 2.47. The molecular formula is C15H15FN2O3. The molecule has 0 atom stereocenters. The maximum absolute atomic E-state index is 14.3. The number of aromatic nitrogens is 1. The van der Waals surface area contributed by atoms with Crippen LogP contribution in [-0.4, -0.2) is 29.1 Å². The maximum Gasteiger partial charge on any atom is 0.341 e. The van der Waals surface area contributed by atoms with E-state index < -0.39 is 17.3 Å². The van der Waals surface area contributed by atoms with Crippen LogP contribution in [0.5, 0.6) is 0 Å². The third-order valence-corrected chi connectivity index (χ3v) is 3.84. The standard InChI is InChI=1S/C15H15FN2O3/c16-11-7-9-6-10(15(20)21)14(19)17-12(9)8-13(11)18-4-2-1-3-5-18/h6-8H,1-5H2,(H,17,19)(H,20,21). The molecule has 1 aliphatic heterocycles. The van der Waals surface area contributed by atoms with Crippen molar-refractivity contribution in [3.05, 3.63) is 39.9 Å². The van der Waals surface area contributed by atoms with E-state index in [-0.39, 0.29) is 5.56 Å². The quantitative estimate of drug-likeness (QED) is 0.890. The fourth-order valence-electron chi connectivity index (χ4n) is 2.75. The number of carboxylic acid groups (broad SMARTS) is 1. The Bertz CT molecular complexity index is 763. The Labute approximate surface area is 120 Å². The van der Waals surface area contributed by atoms with Crippen molar-refractivity contribution in [1.29, 1.82) is 0 Å². The zero-order valence-corrected chi connectivity index (χ0v) is 11.4. The van der Waals surface area contributed by atoms with E-state index in [4.69, 9.17) is 5.11 Å². The molecule has 0 amide bonds. The number of hydrogen-bond donors (Lipinski definition) is 2. The van der Waals surface area contributed by atoms with Gasteiger partial charge in [0.05, 0.1) is 11.2 Å². The first-order chi connectivity index (χ1) is 10.1. The van der Waals surface area contributed by atoms with Crippen LogP contribution < -0.4 is 10.5 Å². The molecule has 0 radical (unpaired) electrons. The lowest BCUT2D eigenvalue weighted by Gasteiger charge is -2.29. The van der Waals surface area contributed by atoms with Crippen molar-refractivity contribution in [2.75, 3.05) is 18.0 Å². The van der Waals surface area contributed by atoms with Crippen LogP contribution in [0.3, 0.4) is 0 Å². The third kappa shape index (κ3) is 2.49. The highest BCUT2D eigenvalue weighted by Gasteiger charge is 2.17. The summed E-state index contributed by atoms with van der Waals surface area (Å²) in [7, 11) is 0. The lowest BCUT2D eigenvalue weighted by Crippen LogP contribution is -2.30. The number of nitrogens with zero attached hydrogens (tertiary/aromatic N) is 1. The van der Waals surface area contributed by atoms with Crippen molar-refractivity contribution in [3.63, 3.8) is 0 Å². The van der Waals surface area contributed by atoms with Gasteiger partial charge in [0.25, 0.3) is 5.56 Å². The summed E-state index contributed by atoms with van der Waals surface area (Å²) in [5.74, 6) is -1.72. The molecule has 1 fully saturated rings. The van der Waals surface area contributed by atoms with Crippen molar-refractivity contribution in [2.24, 2.45) is 0 Å². The number of halogens is 1. The molecule has 0 bridgehead atoms. The zero-order chi connectivity index (χ0) is 15.0.